The lowest BCUT2D eigenvalue weighted by molar-refractivity contribution is -0.0928. The smallest absolute Gasteiger partial charge is 0.397 e. The van der Waals surface area contributed by atoms with Crippen LogP contribution < -0.4 is 0 Å². The van der Waals surface area contributed by atoms with E-state index in [1.165, 1.54) is 6.08 Å². The van der Waals surface area contributed by atoms with Crippen molar-refractivity contribution in [1.82, 2.24) is 0 Å². The molecule has 12 heteroatoms. The van der Waals surface area contributed by atoms with E-state index in [2.05, 4.69) is 8.37 Å². The predicted molar refractivity (Wildman–Crippen MR) is 83.0 cm³/mol. The summed E-state index contributed by atoms with van der Waals surface area (Å²) >= 11 is 0. The lowest BCUT2D eigenvalue weighted by Crippen LogP contribution is -2.47. The fourth-order valence-corrected chi connectivity index (χ4v) is 2.90. The summed E-state index contributed by atoms with van der Waals surface area (Å²) in [5, 5.41) is 0. The third kappa shape index (κ3) is 7.07. The fourth-order valence-electron chi connectivity index (χ4n) is 2.08. The summed E-state index contributed by atoms with van der Waals surface area (Å²) < 4.78 is 80.3. The first kappa shape index (κ1) is 19.8. The van der Waals surface area contributed by atoms with E-state index in [-0.39, 0.29) is 6.61 Å². The van der Waals surface area contributed by atoms with Gasteiger partial charge in [0.15, 0.2) is 6.10 Å². The van der Waals surface area contributed by atoms with Crippen molar-refractivity contribution in [2.24, 2.45) is 0 Å². The monoisotopic (exact) mass is 396 g/mol. The molecular formula is C13H16O10S2. The van der Waals surface area contributed by atoms with E-state index in [9.17, 15) is 16.8 Å². The van der Waals surface area contributed by atoms with Crippen molar-refractivity contribution < 1.29 is 43.8 Å². The Morgan fingerprint density at radius 1 is 1.04 bits per heavy atom. The number of hydrogen-bond donors (Lipinski definition) is 2. The van der Waals surface area contributed by atoms with Gasteiger partial charge in [0.1, 0.15) is 18.8 Å². The first-order chi connectivity index (χ1) is 11.6. The van der Waals surface area contributed by atoms with E-state index in [0.29, 0.717) is 0 Å². The second kappa shape index (κ2) is 8.23. The third-order valence-corrected chi connectivity index (χ3v) is 4.01. The molecule has 140 valence electrons. The Hall–Kier alpha value is -1.54. The van der Waals surface area contributed by atoms with Crippen LogP contribution in [0.25, 0.3) is 0 Å². The molecule has 0 bridgehead atoms. The van der Waals surface area contributed by atoms with Gasteiger partial charge in [0, 0.05) is 0 Å². The molecule has 0 saturated carbocycles. The average molecular weight is 396 g/mol. The van der Waals surface area contributed by atoms with Crippen LogP contribution in [-0.4, -0.2) is 50.9 Å². The third-order valence-electron chi connectivity index (χ3n) is 3.11. The normalized spacial score (nSPS) is 24.0. The minimum absolute atomic E-state index is 0.0903. The molecule has 10 nitrogen and oxygen atoms in total. The summed E-state index contributed by atoms with van der Waals surface area (Å²) in [5.74, 6) is 0. The number of benzene rings is 1. The Bertz CT molecular complexity index is 787. The van der Waals surface area contributed by atoms with Gasteiger partial charge >= 0.3 is 20.8 Å². The van der Waals surface area contributed by atoms with Gasteiger partial charge in [0.05, 0.1) is 12.9 Å². The standard InChI is InChI=1S/C13H16O10S2/c14-24(15,16)22-9-12-13(23-25(17,18)19)11(6-7-20-12)21-8-10-4-2-1-3-5-10/h1-7,11-13H,8-9H2,(H,14,15,16)(H,17,18,19)/t11-,12-,13+/m1/s1. The van der Waals surface area contributed by atoms with Crippen molar-refractivity contribution in [1.29, 1.82) is 0 Å². The SMILES string of the molecule is O=S(=O)(O)OC[C@H]1OC=C[C@@H](OCc2ccccc2)[C@@H]1OS(=O)(=O)O. The molecule has 3 atom stereocenters. The summed E-state index contributed by atoms with van der Waals surface area (Å²) in [4.78, 5) is 0. The highest BCUT2D eigenvalue weighted by molar-refractivity contribution is 7.81. The van der Waals surface area contributed by atoms with Gasteiger partial charge in [-0.3, -0.25) is 9.11 Å². The number of hydrogen-bond acceptors (Lipinski definition) is 8. The largest absolute Gasteiger partial charge is 0.493 e. The van der Waals surface area contributed by atoms with E-state index in [0.717, 1.165) is 11.8 Å². The summed E-state index contributed by atoms with van der Waals surface area (Å²) in [6.07, 6.45) is -1.23. The van der Waals surface area contributed by atoms with Crippen molar-refractivity contribution in [2.75, 3.05) is 6.61 Å². The van der Waals surface area contributed by atoms with Crippen LogP contribution in [0.15, 0.2) is 42.7 Å². The Morgan fingerprint density at radius 2 is 1.72 bits per heavy atom. The van der Waals surface area contributed by atoms with Crippen molar-refractivity contribution in [3.63, 3.8) is 0 Å². The van der Waals surface area contributed by atoms with Crippen LogP contribution in [0.4, 0.5) is 0 Å². The van der Waals surface area contributed by atoms with Gasteiger partial charge in [-0.2, -0.15) is 16.8 Å². The van der Waals surface area contributed by atoms with Gasteiger partial charge in [0.25, 0.3) is 0 Å². The molecule has 0 aromatic heterocycles. The van der Waals surface area contributed by atoms with E-state index < -0.39 is 45.7 Å². The van der Waals surface area contributed by atoms with Crippen LogP contribution in [-0.2, 0) is 45.2 Å². The second-order valence-electron chi connectivity index (χ2n) is 4.97. The Labute approximate surface area is 144 Å². The summed E-state index contributed by atoms with van der Waals surface area (Å²) in [7, 11) is -9.66. The van der Waals surface area contributed by atoms with Gasteiger partial charge in [-0.15, -0.1) is 0 Å². The van der Waals surface area contributed by atoms with Crippen LogP contribution >= 0.6 is 0 Å². The lowest BCUT2D eigenvalue weighted by atomic mass is 10.1. The molecule has 0 radical (unpaired) electrons. The minimum Gasteiger partial charge on any atom is -0.493 e. The molecule has 0 saturated heterocycles. The Balaban J connectivity index is 2.11. The molecule has 0 spiro atoms. The van der Waals surface area contributed by atoms with Gasteiger partial charge in [-0.05, 0) is 11.6 Å². The molecule has 1 aromatic carbocycles. The van der Waals surface area contributed by atoms with Crippen LogP contribution in [0.1, 0.15) is 5.56 Å². The maximum absolute atomic E-state index is 11.1. The molecule has 25 heavy (non-hydrogen) atoms. The van der Waals surface area contributed by atoms with Gasteiger partial charge in [0.2, 0.25) is 0 Å². The predicted octanol–water partition coefficient (Wildman–Crippen LogP) is 0.492. The molecule has 2 N–H and O–H groups in total. The van der Waals surface area contributed by atoms with Crippen molar-refractivity contribution in [3.8, 4) is 0 Å². The average Bonchev–Trinajstić information content (AvgIpc) is 2.51. The minimum atomic E-state index is -4.89. The Morgan fingerprint density at radius 3 is 2.32 bits per heavy atom. The molecule has 0 unspecified atom stereocenters. The highest BCUT2D eigenvalue weighted by atomic mass is 32.3. The highest BCUT2D eigenvalue weighted by Gasteiger charge is 2.38. The maximum Gasteiger partial charge on any atom is 0.397 e. The van der Waals surface area contributed by atoms with E-state index in [4.69, 9.17) is 18.6 Å². The Kier molecular flexibility index (Phi) is 6.51. The van der Waals surface area contributed by atoms with Gasteiger partial charge < -0.3 is 9.47 Å². The van der Waals surface area contributed by atoms with E-state index in [1.807, 2.05) is 6.07 Å². The molecule has 0 aliphatic carbocycles. The summed E-state index contributed by atoms with van der Waals surface area (Å²) in [5.41, 5.74) is 0.790. The van der Waals surface area contributed by atoms with Crippen LogP contribution in [0.5, 0.6) is 0 Å². The van der Waals surface area contributed by atoms with Crippen molar-refractivity contribution in [3.05, 3.63) is 48.2 Å². The fraction of sp³-hybridized carbons (Fsp3) is 0.385. The van der Waals surface area contributed by atoms with Crippen LogP contribution in [0.3, 0.4) is 0 Å². The highest BCUT2D eigenvalue weighted by Crippen LogP contribution is 2.22. The first-order valence-electron chi connectivity index (χ1n) is 6.89. The number of rotatable bonds is 8. The summed E-state index contributed by atoms with van der Waals surface area (Å²) in [6.45, 7) is -0.665. The van der Waals surface area contributed by atoms with Crippen molar-refractivity contribution in [2.45, 2.75) is 24.9 Å². The molecule has 0 amide bonds. The van der Waals surface area contributed by atoms with Gasteiger partial charge in [-0.25, -0.2) is 8.37 Å². The molecule has 2 rings (SSSR count). The topological polar surface area (TPSA) is 146 Å². The molecule has 1 aliphatic rings. The van der Waals surface area contributed by atoms with Crippen LogP contribution in [0, 0.1) is 0 Å². The maximum atomic E-state index is 11.1. The first-order valence-corrected chi connectivity index (χ1v) is 9.62. The van der Waals surface area contributed by atoms with E-state index in [1.54, 1.807) is 24.3 Å². The van der Waals surface area contributed by atoms with E-state index >= 15 is 0 Å². The van der Waals surface area contributed by atoms with Crippen LogP contribution in [0.2, 0.25) is 0 Å². The zero-order valence-electron chi connectivity index (χ0n) is 12.7. The van der Waals surface area contributed by atoms with Gasteiger partial charge in [-0.1, -0.05) is 30.3 Å². The summed E-state index contributed by atoms with van der Waals surface area (Å²) in [6, 6.07) is 8.94. The molecular weight excluding hydrogens is 380 g/mol. The second-order valence-corrected chi connectivity index (χ2v) is 7.10. The quantitative estimate of drug-likeness (QED) is 0.595. The lowest BCUT2D eigenvalue weighted by Gasteiger charge is -2.32. The van der Waals surface area contributed by atoms with Crippen molar-refractivity contribution >= 4 is 20.8 Å². The zero-order chi connectivity index (χ0) is 18.5. The molecule has 0 fully saturated rings. The number of ether oxygens (including phenoxy) is 2. The molecule has 1 heterocycles. The molecule has 1 aromatic rings. The zero-order valence-corrected chi connectivity index (χ0v) is 14.3. The molecule has 1 aliphatic heterocycles.